The number of benzene rings is 1. The molecule has 0 saturated carbocycles. The molecule has 96 valence electrons. The molecule has 0 heterocycles. The van der Waals surface area contributed by atoms with Crippen molar-refractivity contribution in [1.29, 1.82) is 0 Å². The van der Waals surface area contributed by atoms with E-state index in [-0.39, 0.29) is 0 Å². The fraction of sp³-hybridized carbons (Fsp3) is 0.400. The van der Waals surface area contributed by atoms with E-state index in [4.69, 9.17) is 5.73 Å². The molecular formula is C15H21N3. The average Bonchev–Trinajstić information content (AvgIpc) is 2.39. The Bertz CT molecular complexity index is 449. The topological polar surface area (TPSA) is 50.4 Å². The molecule has 3 nitrogen and oxygen atoms in total. The number of hydrogen-bond acceptors (Lipinski definition) is 1. The zero-order valence-corrected chi connectivity index (χ0v) is 11.3. The zero-order valence-electron chi connectivity index (χ0n) is 11.3. The van der Waals surface area contributed by atoms with Gasteiger partial charge in [0.05, 0.1) is 0 Å². The van der Waals surface area contributed by atoms with Crippen molar-refractivity contribution in [2.24, 2.45) is 10.7 Å². The largest absolute Gasteiger partial charge is 0.370 e. The molecule has 0 fully saturated rings. The number of nitrogens with two attached hydrogens (primary N) is 1. The Hall–Kier alpha value is -1.95. The van der Waals surface area contributed by atoms with Gasteiger partial charge in [-0.2, -0.15) is 0 Å². The summed E-state index contributed by atoms with van der Waals surface area (Å²) in [6, 6.07) is 8.29. The maximum Gasteiger partial charge on any atom is 0.194 e. The Morgan fingerprint density at radius 1 is 1.39 bits per heavy atom. The first kappa shape index (κ1) is 14.1. The van der Waals surface area contributed by atoms with Gasteiger partial charge in [0.15, 0.2) is 5.96 Å². The lowest BCUT2D eigenvalue weighted by atomic mass is 9.99. The quantitative estimate of drug-likeness (QED) is 0.485. The van der Waals surface area contributed by atoms with Gasteiger partial charge in [0.1, 0.15) is 6.54 Å². The molecule has 18 heavy (non-hydrogen) atoms. The van der Waals surface area contributed by atoms with Crippen LogP contribution in [0, 0.1) is 11.8 Å². The third kappa shape index (κ3) is 4.50. The average molecular weight is 243 g/mol. The molecular weight excluding hydrogens is 222 g/mol. The van der Waals surface area contributed by atoms with Crippen molar-refractivity contribution in [3.8, 4) is 11.8 Å². The van der Waals surface area contributed by atoms with Crippen LogP contribution in [0.25, 0.3) is 0 Å². The molecule has 1 aromatic rings. The second-order valence-electron chi connectivity index (χ2n) is 4.18. The first-order valence-corrected chi connectivity index (χ1v) is 6.23. The SMILES string of the molecule is CC#CCN=C(N)Nc1ccc(C(C)CC)cc1. The van der Waals surface area contributed by atoms with Crippen molar-refractivity contribution in [2.45, 2.75) is 33.1 Å². The monoisotopic (exact) mass is 243 g/mol. The fourth-order valence-corrected chi connectivity index (χ4v) is 1.52. The van der Waals surface area contributed by atoms with E-state index in [2.05, 4.69) is 48.1 Å². The predicted octanol–water partition coefficient (Wildman–Crippen LogP) is 2.95. The molecule has 0 aliphatic carbocycles. The fourth-order valence-electron chi connectivity index (χ4n) is 1.52. The molecule has 0 aliphatic heterocycles. The lowest BCUT2D eigenvalue weighted by Crippen LogP contribution is -2.22. The minimum atomic E-state index is 0.397. The zero-order chi connectivity index (χ0) is 13.4. The summed E-state index contributed by atoms with van der Waals surface area (Å²) in [7, 11) is 0. The van der Waals surface area contributed by atoms with E-state index in [0.29, 0.717) is 18.4 Å². The highest BCUT2D eigenvalue weighted by Crippen LogP contribution is 2.20. The predicted molar refractivity (Wildman–Crippen MR) is 78.7 cm³/mol. The summed E-state index contributed by atoms with van der Waals surface area (Å²) >= 11 is 0. The van der Waals surface area contributed by atoms with Crippen LogP contribution in [0.3, 0.4) is 0 Å². The Morgan fingerprint density at radius 2 is 2.06 bits per heavy atom. The van der Waals surface area contributed by atoms with Crippen LogP contribution < -0.4 is 11.1 Å². The lowest BCUT2D eigenvalue weighted by Gasteiger charge is -2.10. The number of guanidine groups is 1. The maximum atomic E-state index is 5.74. The minimum Gasteiger partial charge on any atom is -0.370 e. The van der Waals surface area contributed by atoms with Gasteiger partial charge in [-0.05, 0) is 37.0 Å². The summed E-state index contributed by atoms with van der Waals surface area (Å²) in [5.74, 6) is 6.60. The molecule has 1 aromatic carbocycles. The summed E-state index contributed by atoms with van der Waals surface area (Å²) in [5.41, 5.74) is 8.04. The van der Waals surface area contributed by atoms with Crippen LogP contribution >= 0.6 is 0 Å². The summed E-state index contributed by atoms with van der Waals surface area (Å²) < 4.78 is 0. The molecule has 0 bridgehead atoms. The number of aliphatic imine (C=N–C) groups is 1. The molecule has 0 radical (unpaired) electrons. The normalized spacial score (nSPS) is 12.5. The first-order chi connectivity index (χ1) is 8.67. The molecule has 1 unspecified atom stereocenters. The van der Waals surface area contributed by atoms with E-state index < -0.39 is 0 Å². The lowest BCUT2D eigenvalue weighted by molar-refractivity contribution is 0.734. The van der Waals surface area contributed by atoms with Gasteiger partial charge in [-0.15, -0.1) is 5.92 Å². The van der Waals surface area contributed by atoms with Crippen LogP contribution in [0.4, 0.5) is 5.69 Å². The Balaban J connectivity index is 2.62. The summed E-state index contributed by atoms with van der Waals surface area (Å²) in [4.78, 5) is 4.09. The maximum absolute atomic E-state index is 5.74. The van der Waals surface area contributed by atoms with Crippen LogP contribution in [-0.2, 0) is 0 Å². The minimum absolute atomic E-state index is 0.397. The van der Waals surface area contributed by atoms with Crippen molar-refractivity contribution >= 4 is 11.6 Å². The summed E-state index contributed by atoms with van der Waals surface area (Å²) in [5, 5.41) is 3.04. The van der Waals surface area contributed by atoms with Gasteiger partial charge >= 0.3 is 0 Å². The smallest absolute Gasteiger partial charge is 0.194 e. The van der Waals surface area contributed by atoms with E-state index in [0.717, 1.165) is 12.1 Å². The highest BCUT2D eigenvalue weighted by Gasteiger charge is 2.02. The van der Waals surface area contributed by atoms with E-state index in [1.807, 2.05) is 12.1 Å². The van der Waals surface area contributed by atoms with Crippen LogP contribution in [0.1, 0.15) is 38.7 Å². The number of nitrogens with zero attached hydrogens (tertiary/aromatic N) is 1. The molecule has 0 amide bonds. The van der Waals surface area contributed by atoms with Gasteiger partial charge in [-0.25, -0.2) is 4.99 Å². The van der Waals surface area contributed by atoms with Gasteiger partial charge in [0.2, 0.25) is 0 Å². The molecule has 0 spiro atoms. The molecule has 1 atom stereocenters. The van der Waals surface area contributed by atoms with E-state index in [1.165, 1.54) is 5.56 Å². The van der Waals surface area contributed by atoms with Crippen LogP contribution in [0.5, 0.6) is 0 Å². The van der Waals surface area contributed by atoms with Gasteiger partial charge in [0, 0.05) is 5.69 Å². The van der Waals surface area contributed by atoms with Crippen molar-refractivity contribution in [3.05, 3.63) is 29.8 Å². The van der Waals surface area contributed by atoms with Crippen molar-refractivity contribution in [3.63, 3.8) is 0 Å². The first-order valence-electron chi connectivity index (χ1n) is 6.23. The Labute approximate surface area is 110 Å². The molecule has 0 aliphatic rings. The van der Waals surface area contributed by atoms with Crippen molar-refractivity contribution in [1.82, 2.24) is 0 Å². The summed E-state index contributed by atoms with van der Waals surface area (Å²) in [6.45, 7) is 6.63. The molecule has 3 heteroatoms. The Kier molecular flexibility index (Phi) is 5.79. The summed E-state index contributed by atoms with van der Waals surface area (Å²) in [6.07, 6.45) is 1.14. The number of hydrogen-bond donors (Lipinski definition) is 2. The highest BCUT2D eigenvalue weighted by atomic mass is 15.1. The highest BCUT2D eigenvalue weighted by molar-refractivity contribution is 5.92. The molecule has 3 N–H and O–H groups in total. The van der Waals surface area contributed by atoms with Gasteiger partial charge in [-0.1, -0.05) is 31.9 Å². The second-order valence-corrected chi connectivity index (χ2v) is 4.18. The van der Waals surface area contributed by atoms with Gasteiger partial charge < -0.3 is 11.1 Å². The second kappa shape index (κ2) is 7.39. The van der Waals surface area contributed by atoms with Crippen LogP contribution in [0.2, 0.25) is 0 Å². The van der Waals surface area contributed by atoms with Crippen molar-refractivity contribution in [2.75, 3.05) is 11.9 Å². The number of anilines is 1. The van der Waals surface area contributed by atoms with Crippen LogP contribution in [-0.4, -0.2) is 12.5 Å². The Morgan fingerprint density at radius 3 is 2.61 bits per heavy atom. The van der Waals surface area contributed by atoms with Gasteiger partial charge in [-0.3, -0.25) is 0 Å². The third-order valence-electron chi connectivity index (χ3n) is 2.87. The number of nitrogens with one attached hydrogen (secondary N) is 1. The standard InChI is InChI=1S/C15H21N3/c1-4-6-11-17-15(16)18-14-9-7-13(8-10-14)12(3)5-2/h7-10,12H,5,11H2,1-3H3,(H3,16,17,18). The third-order valence-corrected chi connectivity index (χ3v) is 2.87. The van der Waals surface area contributed by atoms with E-state index in [1.54, 1.807) is 6.92 Å². The molecule has 1 rings (SSSR count). The number of rotatable bonds is 4. The van der Waals surface area contributed by atoms with Crippen LogP contribution in [0.15, 0.2) is 29.3 Å². The van der Waals surface area contributed by atoms with Crippen molar-refractivity contribution < 1.29 is 0 Å². The van der Waals surface area contributed by atoms with E-state index >= 15 is 0 Å². The van der Waals surface area contributed by atoms with E-state index in [9.17, 15) is 0 Å². The molecule has 0 saturated heterocycles. The molecule has 0 aromatic heterocycles. The van der Waals surface area contributed by atoms with Gasteiger partial charge in [0.25, 0.3) is 0 Å².